The van der Waals surface area contributed by atoms with E-state index in [1.165, 1.54) is 0 Å². The zero-order valence-electron chi connectivity index (χ0n) is 12.1. The van der Waals surface area contributed by atoms with Crippen molar-refractivity contribution in [1.29, 1.82) is 0 Å². The quantitative estimate of drug-likeness (QED) is 0.448. The van der Waals surface area contributed by atoms with Crippen molar-refractivity contribution < 1.29 is 41.9 Å². The van der Waals surface area contributed by atoms with Crippen LogP contribution in [0.1, 0.15) is 46.7 Å². The predicted molar refractivity (Wildman–Crippen MR) is 70.0 cm³/mol. The molecule has 1 aromatic rings. The Balaban J connectivity index is -0.000000853. The Morgan fingerprint density at radius 1 is 1.11 bits per heavy atom. The maximum atomic E-state index is 4.62. The molecule has 110 valence electrons. The van der Waals surface area contributed by atoms with Crippen LogP contribution in [-0.4, -0.2) is 16.7 Å². The van der Waals surface area contributed by atoms with Gasteiger partial charge >= 0.3 is 17.1 Å². The van der Waals surface area contributed by atoms with E-state index in [2.05, 4.69) is 44.6 Å². The molecule has 0 unspecified atom stereocenters. The molecular weight excluding hydrogens is 323 g/mol. The van der Waals surface area contributed by atoms with Gasteiger partial charge in [0, 0.05) is 12.4 Å². The number of hydrogen-bond acceptors (Lipinski definition) is 2. The van der Waals surface area contributed by atoms with E-state index in [1.54, 1.807) is 6.20 Å². The first-order valence-corrected chi connectivity index (χ1v) is 5.75. The molecule has 0 bridgehead atoms. The Labute approximate surface area is 140 Å². The average Bonchev–Trinajstić information content (AvgIpc) is 2.13. The minimum Gasteiger partial charge on any atom is -1.00 e. The number of halogens is 2. The van der Waals surface area contributed by atoms with Gasteiger partial charge in [0.05, 0.1) is 11.2 Å². The maximum Gasteiger partial charge on any atom is 2.00 e. The first kappa shape index (κ1) is 24.0. The van der Waals surface area contributed by atoms with Gasteiger partial charge in [0.2, 0.25) is 0 Å². The topological polar surface area (TPSA) is 25.2 Å². The molecule has 0 fully saturated rings. The normalized spacial score (nSPS) is 11.2. The van der Waals surface area contributed by atoms with Crippen LogP contribution in [0.2, 0.25) is 0 Å². The molecule has 0 aromatic carbocycles. The largest absolute Gasteiger partial charge is 2.00 e. The second kappa shape index (κ2) is 9.77. The number of hydrogen-bond donors (Lipinski definition) is 0. The summed E-state index contributed by atoms with van der Waals surface area (Å²) in [6, 6.07) is 5.86. The molecule has 0 saturated carbocycles. The number of pyridine rings is 1. The molecule has 0 aliphatic carbocycles. The third-order valence-corrected chi connectivity index (χ3v) is 2.20. The van der Waals surface area contributed by atoms with Gasteiger partial charge in [0.25, 0.3) is 0 Å². The second-order valence-electron chi connectivity index (χ2n) is 6.06. The monoisotopic (exact) mass is 344 g/mol. The molecule has 0 aliphatic rings. The number of nitrogens with zero attached hydrogens (tertiary/aromatic N) is 2. The standard InChI is InChI=1S/C14H22N2.2ClH.Fe/c1-13(2,3)11-14(4,5)16-10-12-8-6-7-9-15-12;;;/h6-10H,11H2,1-5H3;2*1H;/q;;;+2/p-2/b16-10+;;;. The molecular formula is C14H22Cl2FeN2. The minimum absolute atomic E-state index is 0. The summed E-state index contributed by atoms with van der Waals surface area (Å²) in [6.45, 7) is 11.1. The summed E-state index contributed by atoms with van der Waals surface area (Å²) in [5.41, 5.74) is 1.19. The van der Waals surface area contributed by atoms with Crippen molar-refractivity contribution in [1.82, 2.24) is 4.98 Å². The van der Waals surface area contributed by atoms with Crippen molar-refractivity contribution in [2.45, 2.75) is 46.6 Å². The van der Waals surface area contributed by atoms with Crippen molar-refractivity contribution in [3.8, 4) is 0 Å². The fourth-order valence-corrected chi connectivity index (χ4v) is 2.04. The zero-order valence-corrected chi connectivity index (χ0v) is 14.7. The molecule has 2 nitrogen and oxygen atoms in total. The molecule has 0 atom stereocenters. The summed E-state index contributed by atoms with van der Waals surface area (Å²) in [7, 11) is 0. The van der Waals surface area contributed by atoms with E-state index in [9.17, 15) is 0 Å². The molecule has 1 heterocycles. The van der Waals surface area contributed by atoms with Gasteiger partial charge in [0.1, 0.15) is 0 Å². The Bertz CT molecular complexity index is 359. The predicted octanol–water partition coefficient (Wildman–Crippen LogP) is -2.28. The molecule has 0 saturated heterocycles. The third kappa shape index (κ3) is 11.4. The Morgan fingerprint density at radius 2 is 1.68 bits per heavy atom. The van der Waals surface area contributed by atoms with Gasteiger partial charge in [-0.3, -0.25) is 9.98 Å². The SMILES string of the molecule is CC(C)(C)CC(C)(C)/N=C/c1ccccn1.[Cl-].[Cl-].[Fe+2]. The summed E-state index contributed by atoms with van der Waals surface area (Å²) in [4.78, 5) is 8.85. The van der Waals surface area contributed by atoms with Crippen LogP contribution in [0.3, 0.4) is 0 Å². The van der Waals surface area contributed by atoms with Crippen molar-refractivity contribution in [3.63, 3.8) is 0 Å². The van der Waals surface area contributed by atoms with Crippen molar-refractivity contribution >= 4 is 6.21 Å². The number of aliphatic imine (C=N–C) groups is 1. The Morgan fingerprint density at radius 3 is 2.11 bits per heavy atom. The first-order chi connectivity index (χ1) is 7.29. The fraction of sp³-hybridized carbons (Fsp3) is 0.571. The minimum atomic E-state index is -0.0320. The Kier molecular flexibility index (Phi) is 12.3. The van der Waals surface area contributed by atoms with E-state index in [0.717, 1.165) is 12.1 Å². The van der Waals surface area contributed by atoms with Crippen molar-refractivity contribution in [2.24, 2.45) is 10.4 Å². The Hall–Kier alpha value is -0.0805. The number of aromatic nitrogens is 1. The molecule has 5 heteroatoms. The van der Waals surface area contributed by atoms with Crippen LogP contribution in [0, 0.1) is 5.41 Å². The smallest absolute Gasteiger partial charge is 1.00 e. The van der Waals surface area contributed by atoms with Crippen molar-refractivity contribution in [2.75, 3.05) is 0 Å². The summed E-state index contributed by atoms with van der Waals surface area (Å²) in [5.74, 6) is 0. The summed E-state index contributed by atoms with van der Waals surface area (Å²) >= 11 is 0. The van der Waals surface area contributed by atoms with Gasteiger partial charge in [-0.1, -0.05) is 26.8 Å². The van der Waals surface area contributed by atoms with Crippen LogP contribution < -0.4 is 24.8 Å². The van der Waals surface area contributed by atoms with Crippen LogP contribution in [0.4, 0.5) is 0 Å². The van der Waals surface area contributed by atoms with Gasteiger partial charge < -0.3 is 24.8 Å². The van der Waals surface area contributed by atoms with Gasteiger partial charge in [-0.2, -0.15) is 0 Å². The third-order valence-electron chi connectivity index (χ3n) is 2.20. The molecule has 0 amide bonds. The van der Waals surface area contributed by atoms with Crippen LogP contribution in [0.25, 0.3) is 0 Å². The van der Waals surface area contributed by atoms with E-state index in [0.29, 0.717) is 5.41 Å². The molecule has 1 rings (SSSR count). The van der Waals surface area contributed by atoms with Gasteiger partial charge in [-0.25, -0.2) is 0 Å². The van der Waals surface area contributed by atoms with E-state index < -0.39 is 0 Å². The van der Waals surface area contributed by atoms with Gasteiger partial charge in [-0.05, 0) is 37.8 Å². The van der Waals surface area contributed by atoms with E-state index in [1.807, 2.05) is 24.4 Å². The van der Waals surface area contributed by atoms with Gasteiger partial charge in [-0.15, -0.1) is 0 Å². The molecule has 0 aliphatic heterocycles. The fourth-order valence-electron chi connectivity index (χ4n) is 2.04. The van der Waals surface area contributed by atoms with Crippen LogP contribution >= 0.6 is 0 Å². The number of rotatable bonds is 3. The molecule has 1 aromatic heterocycles. The van der Waals surface area contributed by atoms with Gasteiger partial charge in [0.15, 0.2) is 0 Å². The molecule has 19 heavy (non-hydrogen) atoms. The van der Waals surface area contributed by atoms with E-state index in [4.69, 9.17) is 0 Å². The molecule has 0 radical (unpaired) electrons. The van der Waals surface area contributed by atoms with E-state index >= 15 is 0 Å². The molecule has 0 spiro atoms. The van der Waals surface area contributed by atoms with Crippen LogP contribution in [0.5, 0.6) is 0 Å². The first-order valence-electron chi connectivity index (χ1n) is 5.75. The summed E-state index contributed by atoms with van der Waals surface area (Å²) in [5, 5.41) is 0. The van der Waals surface area contributed by atoms with E-state index in [-0.39, 0.29) is 47.4 Å². The second-order valence-corrected chi connectivity index (χ2v) is 6.06. The molecule has 0 N–H and O–H groups in total. The van der Waals surface area contributed by atoms with Crippen LogP contribution in [0.15, 0.2) is 29.4 Å². The summed E-state index contributed by atoms with van der Waals surface area (Å²) < 4.78 is 0. The van der Waals surface area contributed by atoms with Crippen molar-refractivity contribution in [3.05, 3.63) is 30.1 Å². The zero-order chi connectivity index (χ0) is 12.2. The maximum absolute atomic E-state index is 4.62. The average molecular weight is 345 g/mol. The van der Waals surface area contributed by atoms with Crippen LogP contribution in [-0.2, 0) is 17.1 Å². The summed E-state index contributed by atoms with van der Waals surface area (Å²) in [6.07, 6.45) is 4.72.